The fourth-order valence-corrected chi connectivity index (χ4v) is 2.65. The zero-order valence-corrected chi connectivity index (χ0v) is 15.0. The maximum atomic E-state index is 12.1. The van der Waals surface area contributed by atoms with Crippen LogP contribution < -0.4 is 10.6 Å². The van der Waals surface area contributed by atoms with Gasteiger partial charge in [0.1, 0.15) is 5.76 Å². The summed E-state index contributed by atoms with van der Waals surface area (Å²) in [5.41, 5.74) is 0.710. The Morgan fingerprint density at radius 2 is 2.08 bits per heavy atom. The summed E-state index contributed by atoms with van der Waals surface area (Å²) in [5, 5.41) is 6.85. The molecule has 0 aliphatic heterocycles. The minimum absolute atomic E-state index is 0.0431. The third-order valence-corrected chi connectivity index (χ3v) is 3.99. The molecule has 24 heavy (non-hydrogen) atoms. The first kappa shape index (κ1) is 18.5. The molecule has 2 atom stereocenters. The summed E-state index contributed by atoms with van der Waals surface area (Å²) in [6, 6.07) is 11.1. The monoisotopic (exact) mass is 349 g/mol. The highest BCUT2D eigenvalue weighted by Gasteiger charge is 2.18. The molecule has 0 radical (unpaired) electrons. The number of carbonyl (C=O) groups is 1. The van der Waals surface area contributed by atoms with Gasteiger partial charge >= 0.3 is 0 Å². The summed E-state index contributed by atoms with van der Waals surface area (Å²) in [5.74, 6) is 0.861. The van der Waals surface area contributed by atoms with Crippen molar-refractivity contribution in [3.63, 3.8) is 0 Å². The van der Waals surface area contributed by atoms with Gasteiger partial charge in [-0.05, 0) is 51.4 Å². The number of nitrogens with one attached hydrogen (secondary N) is 2. The number of likely N-dealkylation sites (N-methyl/N-ethyl adjacent to an activating group) is 1. The molecule has 0 aliphatic rings. The van der Waals surface area contributed by atoms with Crippen molar-refractivity contribution in [3.8, 4) is 0 Å². The molecule has 1 amide bonds. The number of rotatable bonds is 8. The summed E-state index contributed by atoms with van der Waals surface area (Å²) in [7, 11) is 4.01. The van der Waals surface area contributed by atoms with E-state index in [1.165, 1.54) is 0 Å². The quantitative estimate of drug-likeness (QED) is 0.765. The first-order valence-electron chi connectivity index (χ1n) is 7.94. The Bertz CT molecular complexity index is 643. The van der Waals surface area contributed by atoms with E-state index in [1.54, 1.807) is 18.4 Å². The first-order chi connectivity index (χ1) is 11.5. The highest BCUT2D eigenvalue weighted by atomic mass is 35.5. The number of benzene rings is 1. The SMILES string of the molecule is CC(CC(=O)Nc1cccc(Cl)c1)NCC(c1ccco1)N(C)C. The third-order valence-electron chi connectivity index (χ3n) is 3.75. The Hall–Kier alpha value is -1.82. The summed E-state index contributed by atoms with van der Waals surface area (Å²) in [4.78, 5) is 14.2. The van der Waals surface area contributed by atoms with Crippen LogP contribution in [0.3, 0.4) is 0 Å². The van der Waals surface area contributed by atoms with E-state index in [2.05, 4.69) is 15.5 Å². The molecule has 1 heterocycles. The molecule has 0 spiro atoms. The molecule has 1 aromatic heterocycles. The molecule has 0 saturated heterocycles. The van der Waals surface area contributed by atoms with E-state index in [1.807, 2.05) is 45.3 Å². The molecule has 6 heteroatoms. The zero-order valence-electron chi connectivity index (χ0n) is 14.3. The van der Waals surface area contributed by atoms with Crippen molar-refractivity contribution in [2.24, 2.45) is 0 Å². The van der Waals surface area contributed by atoms with Gasteiger partial charge in [-0.15, -0.1) is 0 Å². The molecule has 0 aliphatic carbocycles. The summed E-state index contributed by atoms with van der Waals surface area (Å²) in [6.07, 6.45) is 2.05. The number of hydrogen-bond donors (Lipinski definition) is 2. The third kappa shape index (κ3) is 5.67. The van der Waals surface area contributed by atoms with Gasteiger partial charge in [-0.3, -0.25) is 9.69 Å². The van der Waals surface area contributed by atoms with Crippen molar-refractivity contribution < 1.29 is 9.21 Å². The molecule has 0 bridgehead atoms. The second-order valence-corrected chi connectivity index (χ2v) is 6.50. The van der Waals surface area contributed by atoms with Crippen LogP contribution in [0.15, 0.2) is 47.1 Å². The zero-order chi connectivity index (χ0) is 17.5. The van der Waals surface area contributed by atoms with Crippen LogP contribution in [0.25, 0.3) is 0 Å². The summed E-state index contributed by atoms with van der Waals surface area (Å²) in [6.45, 7) is 2.69. The fraction of sp³-hybridized carbons (Fsp3) is 0.389. The Morgan fingerprint density at radius 3 is 2.71 bits per heavy atom. The Balaban J connectivity index is 1.81. The number of halogens is 1. The van der Waals surface area contributed by atoms with Crippen molar-refractivity contribution in [2.45, 2.75) is 25.4 Å². The number of amides is 1. The maximum absolute atomic E-state index is 12.1. The average Bonchev–Trinajstić information content (AvgIpc) is 3.00. The molecule has 2 unspecified atom stereocenters. The standard InChI is InChI=1S/C18H24ClN3O2/c1-13(10-18(23)21-15-7-4-6-14(19)11-15)20-12-16(22(2)3)17-8-5-9-24-17/h4-9,11,13,16,20H,10,12H2,1-3H3,(H,21,23). The van der Waals surface area contributed by atoms with Crippen LogP contribution in [0.2, 0.25) is 5.02 Å². The lowest BCUT2D eigenvalue weighted by Crippen LogP contribution is -2.37. The van der Waals surface area contributed by atoms with E-state index in [9.17, 15) is 4.79 Å². The Morgan fingerprint density at radius 1 is 1.29 bits per heavy atom. The number of hydrogen-bond acceptors (Lipinski definition) is 4. The van der Waals surface area contributed by atoms with Crippen molar-refractivity contribution in [2.75, 3.05) is 26.0 Å². The lowest BCUT2D eigenvalue weighted by molar-refractivity contribution is -0.116. The smallest absolute Gasteiger partial charge is 0.225 e. The number of furan rings is 1. The molecule has 2 N–H and O–H groups in total. The molecular weight excluding hydrogens is 326 g/mol. The van der Waals surface area contributed by atoms with Gasteiger partial charge in [-0.1, -0.05) is 17.7 Å². The maximum Gasteiger partial charge on any atom is 0.225 e. The fourth-order valence-electron chi connectivity index (χ4n) is 2.46. The van der Waals surface area contributed by atoms with Crippen LogP contribution in [-0.4, -0.2) is 37.5 Å². The van der Waals surface area contributed by atoms with Crippen LogP contribution in [-0.2, 0) is 4.79 Å². The van der Waals surface area contributed by atoms with Crippen LogP contribution in [0.1, 0.15) is 25.1 Å². The van der Waals surface area contributed by atoms with Crippen LogP contribution >= 0.6 is 11.6 Å². The molecule has 0 fully saturated rings. The van der Waals surface area contributed by atoms with Gasteiger partial charge in [0.2, 0.25) is 5.91 Å². The highest BCUT2D eigenvalue weighted by Crippen LogP contribution is 2.18. The van der Waals surface area contributed by atoms with Crippen LogP contribution in [0, 0.1) is 0 Å². The molecule has 2 aromatic rings. The van der Waals surface area contributed by atoms with E-state index in [-0.39, 0.29) is 18.0 Å². The van der Waals surface area contributed by atoms with Crippen molar-refractivity contribution in [1.29, 1.82) is 0 Å². The topological polar surface area (TPSA) is 57.5 Å². The van der Waals surface area contributed by atoms with Crippen molar-refractivity contribution in [1.82, 2.24) is 10.2 Å². The lowest BCUT2D eigenvalue weighted by atomic mass is 10.1. The first-order valence-corrected chi connectivity index (χ1v) is 8.32. The highest BCUT2D eigenvalue weighted by molar-refractivity contribution is 6.30. The van der Waals surface area contributed by atoms with Gasteiger partial charge in [0.05, 0.1) is 12.3 Å². The molecule has 0 saturated carbocycles. The van der Waals surface area contributed by atoms with Gasteiger partial charge < -0.3 is 15.1 Å². The molecule has 2 rings (SSSR count). The van der Waals surface area contributed by atoms with E-state index >= 15 is 0 Å². The van der Waals surface area contributed by atoms with Gasteiger partial charge in [0.25, 0.3) is 0 Å². The van der Waals surface area contributed by atoms with Crippen LogP contribution in [0.5, 0.6) is 0 Å². The number of nitrogens with zero attached hydrogens (tertiary/aromatic N) is 1. The summed E-state index contributed by atoms with van der Waals surface area (Å²) < 4.78 is 5.49. The van der Waals surface area contributed by atoms with E-state index in [0.717, 1.165) is 5.76 Å². The van der Waals surface area contributed by atoms with Gasteiger partial charge in [-0.2, -0.15) is 0 Å². The molecule has 130 valence electrons. The van der Waals surface area contributed by atoms with Gasteiger partial charge in [0.15, 0.2) is 0 Å². The van der Waals surface area contributed by atoms with Crippen molar-refractivity contribution >= 4 is 23.2 Å². The Labute approximate surface area is 148 Å². The predicted octanol–water partition coefficient (Wildman–Crippen LogP) is 3.54. The second-order valence-electron chi connectivity index (χ2n) is 6.07. The molecule has 5 nitrogen and oxygen atoms in total. The minimum atomic E-state index is -0.0448. The molecular formula is C18H24ClN3O2. The number of carbonyl (C=O) groups excluding carboxylic acids is 1. The van der Waals surface area contributed by atoms with E-state index in [0.29, 0.717) is 23.7 Å². The molecule has 1 aromatic carbocycles. The average molecular weight is 350 g/mol. The largest absolute Gasteiger partial charge is 0.468 e. The van der Waals surface area contributed by atoms with E-state index < -0.39 is 0 Å². The minimum Gasteiger partial charge on any atom is -0.468 e. The second kappa shape index (κ2) is 8.87. The number of anilines is 1. The van der Waals surface area contributed by atoms with Crippen molar-refractivity contribution in [3.05, 3.63) is 53.4 Å². The van der Waals surface area contributed by atoms with Gasteiger partial charge in [0, 0.05) is 29.7 Å². The van der Waals surface area contributed by atoms with E-state index in [4.69, 9.17) is 16.0 Å². The van der Waals surface area contributed by atoms with Crippen LogP contribution in [0.4, 0.5) is 5.69 Å². The predicted molar refractivity (Wildman–Crippen MR) is 97.3 cm³/mol. The lowest BCUT2D eigenvalue weighted by Gasteiger charge is -2.24. The summed E-state index contributed by atoms with van der Waals surface area (Å²) >= 11 is 5.92. The normalized spacial score (nSPS) is 13.7. The van der Waals surface area contributed by atoms with Gasteiger partial charge in [-0.25, -0.2) is 0 Å². The Kier molecular flexibility index (Phi) is 6.85.